The number of sulfonamides is 1. The Morgan fingerprint density at radius 3 is 2.47 bits per heavy atom. The zero-order valence-corrected chi connectivity index (χ0v) is 19.8. The van der Waals surface area contributed by atoms with Crippen LogP contribution < -0.4 is 10.1 Å². The topological polar surface area (TPSA) is 95.9 Å². The number of ether oxygens (including phenoxy) is 1. The van der Waals surface area contributed by atoms with Crippen LogP contribution in [-0.2, 0) is 14.8 Å². The number of nitrogens with one attached hydrogen (secondary N) is 1. The maximum Gasteiger partial charge on any atom is 0.243 e. The number of rotatable bonds is 9. The summed E-state index contributed by atoms with van der Waals surface area (Å²) in [4.78, 5) is 12.6. The largest absolute Gasteiger partial charge is 0.495 e. The van der Waals surface area contributed by atoms with E-state index in [4.69, 9.17) is 4.74 Å². The highest BCUT2D eigenvalue weighted by atomic mass is 32.2. The molecule has 1 fully saturated rings. The lowest BCUT2D eigenvalue weighted by atomic mass is 10.1. The molecular weight excluding hydrogens is 448 g/mol. The summed E-state index contributed by atoms with van der Waals surface area (Å²) in [6.07, 6.45) is 3.11. The average Bonchev–Trinajstić information content (AvgIpc) is 3.10. The summed E-state index contributed by atoms with van der Waals surface area (Å²) < 4.78 is 33.0. The maximum atomic E-state index is 13.1. The smallest absolute Gasteiger partial charge is 0.243 e. The molecule has 1 aliphatic rings. The van der Waals surface area contributed by atoms with Crippen molar-refractivity contribution in [3.05, 3.63) is 54.1 Å². The summed E-state index contributed by atoms with van der Waals surface area (Å²) >= 11 is 1.30. The van der Waals surface area contributed by atoms with Gasteiger partial charge in [0.15, 0.2) is 0 Å². The van der Waals surface area contributed by atoms with Crippen molar-refractivity contribution in [2.75, 3.05) is 37.0 Å². The fourth-order valence-corrected chi connectivity index (χ4v) is 5.93. The highest BCUT2D eigenvalue weighted by Crippen LogP contribution is 2.30. The summed E-state index contributed by atoms with van der Waals surface area (Å²) in [5.41, 5.74) is 1.12. The lowest BCUT2D eigenvalue weighted by Crippen LogP contribution is -2.32. The predicted octanol–water partition coefficient (Wildman–Crippen LogP) is 3.67. The van der Waals surface area contributed by atoms with Crippen molar-refractivity contribution >= 4 is 33.4 Å². The van der Waals surface area contributed by atoms with E-state index in [1.807, 2.05) is 30.3 Å². The minimum atomic E-state index is -3.64. The molecule has 9 heteroatoms. The second kappa shape index (κ2) is 11.7. The summed E-state index contributed by atoms with van der Waals surface area (Å²) in [5.74, 6) is 0.592. The van der Waals surface area contributed by atoms with Crippen LogP contribution in [0, 0.1) is 0 Å². The van der Waals surface area contributed by atoms with E-state index in [2.05, 4.69) is 5.32 Å². The van der Waals surface area contributed by atoms with Crippen LogP contribution in [0.3, 0.4) is 0 Å². The third kappa shape index (κ3) is 6.48. The number of benzene rings is 2. The van der Waals surface area contributed by atoms with Crippen LogP contribution in [0.15, 0.2) is 53.4 Å². The van der Waals surface area contributed by atoms with E-state index in [-0.39, 0.29) is 16.6 Å². The number of thioether (sulfide) groups is 1. The van der Waals surface area contributed by atoms with Gasteiger partial charge in [-0.25, -0.2) is 8.42 Å². The molecule has 0 radical (unpaired) electrons. The number of hydrogen-bond donors (Lipinski definition) is 2. The summed E-state index contributed by atoms with van der Waals surface area (Å²) in [7, 11) is -2.17. The number of methoxy groups -OCH3 is 1. The van der Waals surface area contributed by atoms with Crippen molar-refractivity contribution in [2.24, 2.45) is 0 Å². The molecule has 1 amide bonds. The Bertz CT molecular complexity index is 991. The number of carbonyl (C=O) groups is 1. The monoisotopic (exact) mass is 478 g/mol. The van der Waals surface area contributed by atoms with E-state index < -0.39 is 16.1 Å². The van der Waals surface area contributed by atoms with Crippen molar-refractivity contribution in [1.29, 1.82) is 0 Å². The molecular formula is C23H30N2O5S2. The first-order valence-corrected chi connectivity index (χ1v) is 13.3. The number of aliphatic hydroxyl groups is 1. The van der Waals surface area contributed by atoms with Gasteiger partial charge in [0.05, 0.1) is 29.5 Å². The fraction of sp³-hybridized carbons (Fsp3) is 0.435. The quantitative estimate of drug-likeness (QED) is 0.571. The molecule has 2 aromatic carbocycles. The van der Waals surface area contributed by atoms with Crippen molar-refractivity contribution in [3.8, 4) is 5.75 Å². The van der Waals surface area contributed by atoms with Gasteiger partial charge in [-0.2, -0.15) is 4.31 Å². The molecule has 0 saturated carbocycles. The van der Waals surface area contributed by atoms with Gasteiger partial charge in [0, 0.05) is 18.8 Å². The number of amides is 1. The Labute approximate surface area is 194 Å². The second-order valence-corrected chi connectivity index (χ2v) is 10.6. The molecule has 0 aromatic heterocycles. The molecule has 2 N–H and O–H groups in total. The second-order valence-electron chi connectivity index (χ2n) is 7.67. The minimum absolute atomic E-state index is 0.121. The van der Waals surface area contributed by atoms with Gasteiger partial charge in [-0.05, 0) is 36.6 Å². The van der Waals surface area contributed by atoms with Gasteiger partial charge < -0.3 is 15.2 Å². The SMILES string of the molecule is COc1ccc(S(=O)(=O)N2CCCCCC2)cc1NC(=O)CSC[C@@H](O)c1ccccc1. The number of hydrogen-bond acceptors (Lipinski definition) is 6. The van der Waals surface area contributed by atoms with E-state index in [1.54, 1.807) is 6.07 Å². The molecule has 1 saturated heterocycles. The Morgan fingerprint density at radius 1 is 1.12 bits per heavy atom. The van der Waals surface area contributed by atoms with Crippen LogP contribution in [0.5, 0.6) is 5.75 Å². The highest BCUT2D eigenvalue weighted by molar-refractivity contribution is 8.00. The summed E-state index contributed by atoms with van der Waals surface area (Å²) in [6.45, 7) is 1.02. The van der Waals surface area contributed by atoms with Gasteiger partial charge in [-0.15, -0.1) is 11.8 Å². The Hall–Kier alpha value is -2.07. The Morgan fingerprint density at radius 2 is 1.81 bits per heavy atom. The first-order chi connectivity index (χ1) is 15.4. The van der Waals surface area contributed by atoms with Gasteiger partial charge in [0.25, 0.3) is 0 Å². The zero-order chi connectivity index (χ0) is 23.0. The first kappa shape index (κ1) is 24.6. The molecule has 0 aliphatic carbocycles. The van der Waals surface area contributed by atoms with Crippen LogP contribution in [-0.4, -0.2) is 55.4 Å². The van der Waals surface area contributed by atoms with E-state index in [1.165, 1.54) is 35.3 Å². The molecule has 0 bridgehead atoms. The van der Waals surface area contributed by atoms with Gasteiger partial charge in [0.2, 0.25) is 15.9 Å². The van der Waals surface area contributed by atoms with Gasteiger partial charge in [-0.3, -0.25) is 4.79 Å². The van der Waals surface area contributed by atoms with E-state index >= 15 is 0 Å². The molecule has 0 unspecified atom stereocenters. The summed E-state index contributed by atoms with van der Waals surface area (Å²) in [6, 6.07) is 13.8. The number of nitrogens with zero attached hydrogens (tertiary/aromatic N) is 1. The van der Waals surface area contributed by atoms with Crippen molar-refractivity contribution in [3.63, 3.8) is 0 Å². The fourth-order valence-electron chi connectivity index (χ4n) is 3.60. The number of aliphatic hydroxyl groups excluding tert-OH is 1. The van der Waals surface area contributed by atoms with E-state index in [0.717, 1.165) is 31.2 Å². The van der Waals surface area contributed by atoms with Crippen LogP contribution in [0.25, 0.3) is 0 Å². The molecule has 1 atom stereocenters. The standard InChI is InChI=1S/C23H30N2O5S2/c1-30-22-12-11-19(32(28,29)25-13-7-2-3-8-14-25)15-20(22)24-23(27)17-31-16-21(26)18-9-5-4-6-10-18/h4-6,9-12,15,21,26H,2-3,7-8,13-14,16-17H2,1H3,(H,24,27)/t21-/m1/s1. The Balaban J connectivity index is 1.64. The number of anilines is 1. The lowest BCUT2D eigenvalue weighted by Gasteiger charge is -2.21. The molecule has 7 nitrogen and oxygen atoms in total. The molecule has 3 rings (SSSR count). The van der Waals surface area contributed by atoms with Crippen LogP contribution in [0.2, 0.25) is 0 Å². The van der Waals surface area contributed by atoms with Crippen LogP contribution in [0.1, 0.15) is 37.4 Å². The molecule has 2 aromatic rings. The van der Waals surface area contributed by atoms with Gasteiger partial charge >= 0.3 is 0 Å². The average molecular weight is 479 g/mol. The van der Waals surface area contributed by atoms with E-state index in [9.17, 15) is 18.3 Å². The normalized spacial score (nSPS) is 16.2. The molecule has 1 heterocycles. The summed E-state index contributed by atoms with van der Waals surface area (Å²) in [5, 5.41) is 13.0. The Kier molecular flexibility index (Phi) is 8.98. The molecule has 1 aliphatic heterocycles. The minimum Gasteiger partial charge on any atom is -0.495 e. The molecule has 0 spiro atoms. The maximum absolute atomic E-state index is 13.1. The van der Waals surface area contributed by atoms with Gasteiger partial charge in [0.1, 0.15) is 5.75 Å². The van der Waals surface area contributed by atoms with E-state index in [0.29, 0.717) is 30.3 Å². The van der Waals surface area contributed by atoms with Crippen molar-refractivity contribution in [1.82, 2.24) is 4.31 Å². The molecule has 174 valence electrons. The lowest BCUT2D eigenvalue weighted by molar-refractivity contribution is -0.113. The number of carbonyl (C=O) groups excluding carboxylic acids is 1. The zero-order valence-electron chi connectivity index (χ0n) is 18.2. The predicted molar refractivity (Wildman–Crippen MR) is 128 cm³/mol. The van der Waals surface area contributed by atoms with Crippen molar-refractivity contribution in [2.45, 2.75) is 36.7 Å². The third-order valence-electron chi connectivity index (χ3n) is 5.34. The molecule has 32 heavy (non-hydrogen) atoms. The van der Waals surface area contributed by atoms with Crippen LogP contribution in [0.4, 0.5) is 5.69 Å². The van der Waals surface area contributed by atoms with Crippen molar-refractivity contribution < 1.29 is 23.1 Å². The third-order valence-corrected chi connectivity index (χ3v) is 8.25. The van der Waals surface area contributed by atoms with Crippen LogP contribution >= 0.6 is 11.8 Å². The van der Waals surface area contributed by atoms with Gasteiger partial charge in [-0.1, -0.05) is 43.2 Å². The highest BCUT2D eigenvalue weighted by Gasteiger charge is 2.26. The first-order valence-electron chi connectivity index (χ1n) is 10.7.